The summed E-state index contributed by atoms with van der Waals surface area (Å²) < 4.78 is 10.4. The highest BCUT2D eigenvalue weighted by Crippen LogP contribution is 2.50. The lowest BCUT2D eigenvalue weighted by Crippen LogP contribution is -2.46. The molecule has 1 aliphatic carbocycles. The van der Waals surface area contributed by atoms with Crippen LogP contribution in [0.25, 0.3) is 6.08 Å². The summed E-state index contributed by atoms with van der Waals surface area (Å²) in [5.74, 6) is -3.21. The number of phenols is 1. The SMILES string of the molecule is COC(=O)N1C(=O)[C@@H]2[C@@H](CC(CO)=C3[C@@H](CC/C(C)=C/c4ccccc4O)OB(O)C[C@@H]32)C1=O. The summed E-state index contributed by atoms with van der Waals surface area (Å²) in [4.78, 5) is 38.5. The first-order chi connectivity index (χ1) is 16.3. The van der Waals surface area contributed by atoms with Crippen LogP contribution >= 0.6 is 0 Å². The summed E-state index contributed by atoms with van der Waals surface area (Å²) in [5.41, 5.74) is 3.01. The third-order valence-electron chi connectivity index (χ3n) is 7.00. The summed E-state index contributed by atoms with van der Waals surface area (Å²) >= 11 is 0. The van der Waals surface area contributed by atoms with Gasteiger partial charge in [0.15, 0.2) is 0 Å². The van der Waals surface area contributed by atoms with Crippen molar-refractivity contribution >= 4 is 31.1 Å². The Balaban J connectivity index is 1.60. The molecule has 2 aliphatic heterocycles. The average molecular weight is 469 g/mol. The van der Waals surface area contributed by atoms with Gasteiger partial charge in [-0.15, -0.1) is 0 Å². The number of aromatic hydroxyl groups is 1. The van der Waals surface area contributed by atoms with E-state index in [1.165, 1.54) is 0 Å². The minimum absolute atomic E-state index is 0.0945. The van der Waals surface area contributed by atoms with Crippen molar-refractivity contribution in [1.29, 1.82) is 0 Å². The Labute approximate surface area is 197 Å². The number of aliphatic hydroxyl groups is 1. The Kier molecular flexibility index (Phi) is 6.92. The first-order valence-electron chi connectivity index (χ1n) is 11.3. The van der Waals surface area contributed by atoms with Gasteiger partial charge in [-0.25, -0.2) is 4.79 Å². The second-order valence-electron chi connectivity index (χ2n) is 9.05. The fourth-order valence-corrected chi connectivity index (χ4v) is 5.49. The summed E-state index contributed by atoms with van der Waals surface area (Å²) in [6.07, 6.45) is 1.59. The topological polar surface area (TPSA) is 134 Å². The molecule has 3 N–H and O–H groups in total. The first-order valence-corrected chi connectivity index (χ1v) is 11.3. The van der Waals surface area contributed by atoms with Crippen molar-refractivity contribution in [2.24, 2.45) is 17.8 Å². The predicted octanol–water partition coefficient (Wildman–Crippen LogP) is 2.13. The molecule has 1 aromatic carbocycles. The standard InChI is InChI=1S/C24H28BNO8/c1-13(9-14-5-3-4-6-18(14)28)7-8-19-20-15(12-27)10-16-21(17(20)11-25(32)34-19)23(30)26(22(16)29)24(31)33-2/h3-6,9,16-17,19,21,27-28,32H,7-8,10-12H2,1-2H3/b13-9+/t16-,17+,19-,21-/m1/s1. The van der Waals surface area contributed by atoms with Crippen molar-refractivity contribution in [1.82, 2.24) is 4.90 Å². The van der Waals surface area contributed by atoms with Gasteiger partial charge in [0, 0.05) is 5.56 Å². The number of allylic oxidation sites excluding steroid dienone is 1. The van der Waals surface area contributed by atoms with E-state index in [1.54, 1.807) is 18.2 Å². The van der Waals surface area contributed by atoms with Crippen LogP contribution in [0.1, 0.15) is 31.7 Å². The van der Waals surface area contributed by atoms with Crippen LogP contribution in [-0.2, 0) is 19.0 Å². The zero-order chi connectivity index (χ0) is 24.6. The molecular formula is C24H28BNO8. The lowest BCUT2D eigenvalue weighted by atomic mass is 9.58. The number of carbonyl (C=O) groups excluding carboxylic acids is 3. The van der Waals surface area contributed by atoms with E-state index in [0.29, 0.717) is 28.9 Å². The van der Waals surface area contributed by atoms with Crippen LogP contribution in [0.3, 0.4) is 0 Å². The van der Waals surface area contributed by atoms with Crippen molar-refractivity contribution in [3.63, 3.8) is 0 Å². The van der Waals surface area contributed by atoms with Crippen LogP contribution < -0.4 is 0 Å². The Morgan fingerprint density at radius 2 is 2.00 bits per heavy atom. The van der Waals surface area contributed by atoms with Gasteiger partial charge in [0.2, 0.25) is 11.8 Å². The normalized spacial score (nSPS) is 27.1. The van der Waals surface area contributed by atoms with Gasteiger partial charge in [-0.2, -0.15) is 4.90 Å². The minimum Gasteiger partial charge on any atom is -0.507 e. The van der Waals surface area contributed by atoms with Crippen molar-refractivity contribution < 1.29 is 39.0 Å². The highest BCUT2D eigenvalue weighted by Gasteiger charge is 2.59. The summed E-state index contributed by atoms with van der Waals surface area (Å²) in [6.45, 7) is 1.62. The smallest absolute Gasteiger partial charge is 0.455 e. The number of amides is 3. The van der Waals surface area contributed by atoms with Gasteiger partial charge in [0.05, 0.1) is 31.7 Å². The largest absolute Gasteiger partial charge is 0.507 e. The van der Waals surface area contributed by atoms with E-state index < -0.39 is 48.9 Å². The highest BCUT2D eigenvalue weighted by molar-refractivity contribution is 6.43. The molecular weight excluding hydrogens is 441 g/mol. The zero-order valence-corrected chi connectivity index (χ0v) is 19.1. The number of fused-ring (bicyclic) bond motifs is 3. The lowest BCUT2D eigenvalue weighted by molar-refractivity contribution is -0.137. The van der Waals surface area contributed by atoms with Crippen LogP contribution in [0.2, 0.25) is 6.32 Å². The molecule has 3 aliphatic rings. The van der Waals surface area contributed by atoms with Gasteiger partial charge in [-0.1, -0.05) is 29.8 Å². The van der Waals surface area contributed by atoms with E-state index in [2.05, 4.69) is 4.74 Å². The number of benzene rings is 1. The number of rotatable bonds is 5. The number of para-hydroxylation sites is 1. The van der Waals surface area contributed by atoms with Crippen molar-refractivity contribution in [3.8, 4) is 5.75 Å². The van der Waals surface area contributed by atoms with Gasteiger partial charge in [0.25, 0.3) is 0 Å². The number of phenolic OH excluding ortho intramolecular Hbond substituents is 1. The number of hydrogen-bond donors (Lipinski definition) is 3. The molecule has 0 radical (unpaired) electrons. The van der Waals surface area contributed by atoms with Crippen LogP contribution in [-0.4, -0.2) is 65.0 Å². The molecule has 0 unspecified atom stereocenters. The molecule has 0 aromatic heterocycles. The van der Waals surface area contributed by atoms with E-state index in [1.807, 2.05) is 19.1 Å². The predicted molar refractivity (Wildman–Crippen MR) is 122 cm³/mol. The second kappa shape index (κ2) is 9.73. The summed E-state index contributed by atoms with van der Waals surface area (Å²) in [6, 6.07) is 6.99. The number of ether oxygens (including phenoxy) is 1. The van der Waals surface area contributed by atoms with E-state index in [0.717, 1.165) is 18.3 Å². The molecule has 2 heterocycles. The Morgan fingerprint density at radius 3 is 2.68 bits per heavy atom. The monoisotopic (exact) mass is 469 g/mol. The third kappa shape index (κ3) is 4.28. The minimum atomic E-state index is -1.14. The molecule has 2 saturated heterocycles. The van der Waals surface area contributed by atoms with Crippen LogP contribution in [0.4, 0.5) is 4.79 Å². The van der Waals surface area contributed by atoms with E-state index in [9.17, 15) is 29.6 Å². The van der Waals surface area contributed by atoms with Crippen LogP contribution in [0, 0.1) is 17.8 Å². The maximum Gasteiger partial charge on any atom is 0.455 e. The molecule has 3 amide bonds. The quantitative estimate of drug-likeness (QED) is 0.339. The van der Waals surface area contributed by atoms with Crippen molar-refractivity contribution in [2.75, 3.05) is 13.7 Å². The van der Waals surface area contributed by atoms with E-state index >= 15 is 0 Å². The van der Waals surface area contributed by atoms with E-state index in [-0.39, 0.29) is 25.1 Å². The Morgan fingerprint density at radius 1 is 1.26 bits per heavy atom. The number of imide groups is 3. The zero-order valence-electron chi connectivity index (χ0n) is 19.1. The summed E-state index contributed by atoms with van der Waals surface area (Å²) in [5, 5.41) is 30.6. The number of methoxy groups -OCH3 is 1. The average Bonchev–Trinajstić information content (AvgIpc) is 3.07. The maximum atomic E-state index is 13.1. The molecule has 10 heteroatoms. The number of nitrogens with zero attached hydrogens (tertiary/aromatic N) is 1. The van der Waals surface area contributed by atoms with Crippen LogP contribution in [0.5, 0.6) is 5.75 Å². The Bertz CT molecular complexity index is 1070. The van der Waals surface area contributed by atoms with Gasteiger partial charge in [0.1, 0.15) is 5.75 Å². The molecule has 9 nitrogen and oxygen atoms in total. The molecule has 180 valence electrons. The molecule has 0 saturated carbocycles. The third-order valence-corrected chi connectivity index (χ3v) is 7.00. The van der Waals surface area contributed by atoms with Crippen LogP contribution in [0.15, 0.2) is 41.0 Å². The molecule has 2 fully saturated rings. The second-order valence-corrected chi connectivity index (χ2v) is 9.05. The fourth-order valence-electron chi connectivity index (χ4n) is 5.49. The molecule has 1 aromatic rings. The van der Waals surface area contributed by atoms with Gasteiger partial charge in [-0.05, 0) is 55.6 Å². The molecule has 4 atom stereocenters. The van der Waals surface area contributed by atoms with Gasteiger partial charge < -0.3 is 24.6 Å². The maximum absolute atomic E-state index is 13.1. The molecule has 0 spiro atoms. The fraction of sp³-hybridized carbons (Fsp3) is 0.458. The van der Waals surface area contributed by atoms with Crippen molar-refractivity contribution in [2.45, 2.75) is 38.6 Å². The van der Waals surface area contributed by atoms with E-state index in [4.69, 9.17) is 4.65 Å². The highest BCUT2D eigenvalue weighted by atomic mass is 16.5. The Hall–Kier alpha value is -2.95. The number of aliphatic hydroxyl groups excluding tert-OH is 1. The van der Waals surface area contributed by atoms with Gasteiger partial charge >= 0.3 is 13.2 Å². The molecule has 34 heavy (non-hydrogen) atoms. The van der Waals surface area contributed by atoms with Gasteiger partial charge in [-0.3, -0.25) is 9.59 Å². The number of likely N-dealkylation sites (tertiary alicyclic amines) is 1. The summed E-state index contributed by atoms with van der Waals surface area (Å²) in [7, 11) is -0.0394. The molecule has 0 bridgehead atoms. The lowest BCUT2D eigenvalue weighted by Gasteiger charge is -2.42. The molecule has 4 rings (SSSR count). The van der Waals surface area contributed by atoms with Crippen molar-refractivity contribution in [3.05, 3.63) is 46.5 Å². The first kappa shape index (κ1) is 24.2. The number of carbonyl (C=O) groups is 3. The number of hydrogen-bond acceptors (Lipinski definition) is 8.